The fourth-order valence-electron chi connectivity index (χ4n) is 6.13. The van der Waals surface area contributed by atoms with E-state index in [1.165, 1.54) is 55.5 Å². The number of aromatic nitrogens is 2. The van der Waals surface area contributed by atoms with E-state index in [1.807, 2.05) is 21.6 Å². The Bertz CT molecular complexity index is 1990. The predicted octanol–water partition coefficient (Wildman–Crippen LogP) is 8.88. The van der Waals surface area contributed by atoms with Crippen LogP contribution in [0.15, 0.2) is 127 Å². The molecule has 2 aromatic heterocycles. The number of rotatable bonds is 13. The highest BCUT2D eigenvalue weighted by Gasteiger charge is 2.11. The van der Waals surface area contributed by atoms with Crippen LogP contribution in [-0.4, -0.2) is 43.6 Å². The van der Waals surface area contributed by atoms with Crippen molar-refractivity contribution in [3.05, 3.63) is 144 Å². The molecule has 0 spiro atoms. The average molecular weight is 671 g/mol. The number of pyridine rings is 2. The highest BCUT2D eigenvalue weighted by Crippen LogP contribution is 2.26. The van der Waals surface area contributed by atoms with E-state index in [4.69, 9.17) is 0 Å². The number of aryl methyl sites for hydroxylation is 2. The summed E-state index contributed by atoms with van der Waals surface area (Å²) in [6, 6.07) is 30.4. The van der Waals surface area contributed by atoms with E-state index in [-0.39, 0.29) is 0 Å². The lowest BCUT2D eigenvalue weighted by atomic mass is 10.00. The second-order valence-corrected chi connectivity index (χ2v) is 15.1. The van der Waals surface area contributed by atoms with Gasteiger partial charge in [-0.15, -0.1) is 0 Å². The maximum absolute atomic E-state index is 2.43. The number of para-hydroxylation sites is 2. The maximum atomic E-state index is 2.43. The van der Waals surface area contributed by atoms with Crippen LogP contribution in [0.1, 0.15) is 29.5 Å². The zero-order valence-corrected chi connectivity index (χ0v) is 30.2. The Morgan fingerprint density at radius 3 is 1.75 bits per heavy atom. The normalized spacial score (nSPS) is 13.4. The van der Waals surface area contributed by atoms with Gasteiger partial charge in [0.15, 0.2) is 12.4 Å². The van der Waals surface area contributed by atoms with Gasteiger partial charge in [-0.25, -0.2) is 9.13 Å². The number of nitrogens with zero attached hydrogens (tertiary/aromatic N) is 4. The van der Waals surface area contributed by atoms with Gasteiger partial charge in [0.05, 0.1) is 10.8 Å². The van der Waals surface area contributed by atoms with Crippen LogP contribution >= 0.6 is 21.6 Å². The van der Waals surface area contributed by atoms with Crippen LogP contribution < -0.4 is 14.0 Å². The highest BCUT2D eigenvalue weighted by atomic mass is 33.1. The summed E-state index contributed by atoms with van der Waals surface area (Å²) in [5.41, 5.74) is 10.3. The summed E-state index contributed by atoms with van der Waals surface area (Å²) in [5, 5.41) is 2.56. The number of allylic oxidation sites excluding steroid dienone is 5. The molecule has 6 heteroatoms. The Morgan fingerprint density at radius 2 is 1.17 bits per heavy atom. The van der Waals surface area contributed by atoms with Crippen LogP contribution in [0.25, 0.3) is 40.0 Å². The topological polar surface area (TPSA) is 14.2 Å². The molecular weight excluding hydrogens is 625 g/mol. The monoisotopic (exact) mass is 670 g/mol. The quantitative estimate of drug-likeness (QED) is 0.0706. The maximum Gasteiger partial charge on any atom is 0.212 e. The standard InChI is InChI=1S/C42H46N4S2/c1-43(37-21-15-33(16-22-37)13-19-35-25-27-45(3)41-11-7-5-9-39(35)41)29-31-47-48-32-30-44(2)38-23-17-34(18-24-38)14-20-36-26-28-46(4)42-12-8-6-10-40(36)42/h5-17,19-23,25-28H,18,24,29-32H2,1-4H3/q+2. The first-order valence-corrected chi connectivity index (χ1v) is 19.2. The van der Waals surface area contributed by atoms with Crippen LogP contribution in [0.3, 0.4) is 0 Å². The molecule has 0 N–H and O–H groups in total. The first-order valence-electron chi connectivity index (χ1n) is 16.7. The molecule has 0 aliphatic heterocycles. The van der Waals surface area contributed by atoms with E-state index in [2.05, 4.69) is 181 Å². The molecule has 0 radical (unpaired) electrons. The van der Waals surface area contributed by atoms with E-state index >= 15 is 0 Å². The Balaban J connectivity index is 0.909. The van der Waals surface area contributed by atoms with E-state index in [0.29, 0.717) is 0 Å². The van der Waals surface area contributed by atoms with Crippen molar-refractivity contribution in [2.24, 2.45) is 14.1 Å². The van der Waals surface area contributed by atoms with Gasteiger partial charge < -0.3 is 9.80 Å². The molecule has 0 bridgehead atoms. The summed E-state index contributed by atoms with van der Waals surface area (Å²) in [6.07, 6.45) is 20.0. The van der Waals surface area contributed by atoms with Crippen molar-refractivity contribution in [1.29, 1.82) is 0 Å². The van der Waals surface area contributed by atoms with Gasteiger partial charge in [-0.05, 0) is 65.4 Å². The van der Waals surface area contributed by atoms with Gasteiger partial charge in [-0.3, -0.25) is 0 Å². The predicted molar refractivity (Wildman–Crippen MR) is 211 cm³/mol. The van der Waals surface area contributed by atoms with Gasteiger partial charge >= 0.3 is 0 Å². The first kappa shape index (κ1) is 33.6. The molecule has 0 saturated carbocycles. The van der Waals surface area contributed by atoms with Crippen LogP contribution in [0.4, 0.5) is 5.69 Å². The van der Waals surface area contributed by atoms with Crippen molar-refractivity contribution in [2.75, 3.05) is 43.6 Å². The molecule has 1 aliphatic rings. The van der Waals surface area contributed by atoms with Crippen LogP contribution in [-0.2, 0) is 14.1 Å². The smallest absolute Gasteiger partial charge is 0.212 e. The van der Waals surface area contributed by atoms with Crippen LogP contribution in [0, 0.1) is 0 Å². The molecule has 3 aromatic carbocycles. The summed E-state index contributed by atoms with van der Waals surface area (Å²) in [5.74, 6) is 2.22. The van der Waals surface area contributed by atoms with Crippen molar-refractivity contribution >= 4 is 67.3 Å². The third kappa shape index (κ3) is 8.41. The molecular formula is C42H46N4S2+2. The third-order valence-corrected chi connectivity index (χ3v) is 11.5. The minimum absolute atomic E-state index is 1.03. The molecule has 0 unspecified atom stereocenters. The SMILES string of the molecule is CN(CCSSCCN(C)c1ccc(/C=C/c2cc[n+](C)c3ccccc23)cc1)C1=CC=C(/C=C/c2cc[n+](C)c3ccccc23)CC1. The summed E-state index contributed by atoms with van der Waals surface area (Å²) < 4.78 is 4.35. The van der Waals surface area contributed by atoms with Crippen molar-refractivity contribution in [2.45, 2.75) is 12.8 Å². The molecule has 6 rings (SSSR count). The lowest BCUT2D eigenvalue weighted by Gasteiger charge is -2.24. The lowest BCUT2D eigenvalue weighted by molar-refractivity contribution is -0.645. The highest BCUT2D eigenvalue weighted by molar-refractivity contribution is 8.76. The molecule has 0 amide bonds. The summed E-state index contributed by atoms with van der Waals surface area (Å²) >= 11 is 0. The number of anilines is 1. The fourth-order valence-corrected chi connectivity index (χ4v) is 8.21. The molecule has 2 heterocycles. The second-order valence-electron chi connectivity index (χ2n) is 12.4. The number of fused-ring (bicyclic) bond motifs is 2. The molecule has 4 nitrogen and oxygen atoms in total. The Kier molecular flexibility index (Phi) is 11.4. The molecule has 244 valence electrons. The summed E-state index contributed by atoms with van der Waals surface area (Å²) in [7, 11) is 12.6. The van der Waals surface area contributed by atoms with Gasteiger partial charge in [-0.2, -0.15) is 0 Å². The van der Waals surface area contributed by atoms with Gasteiger partial charge in [0, 0.05) is 74.3 Å². The zero-order valence-electron chi connectivity index (χ0n) is 28.5. The Labute approximate surface area is 294 Å². The van der Waals surface area contributed by atoms with Crippen molar-refractivity contribution in [1.82, 2.24) is 4.90 Å². The molecule has 0 saturated heterocycles. The first-order chi connectivity index (χ1) is 23.5. The fraction of sp³-hybridized carbons (Fsp3) is 0.238. The second kappa shape index (κ2) is 16.2. The molecule has 48 heavy (non-hydrogen) atoms. The number of hydrogen-bond acceptors (Lipinski definition) is 4. The van der Waals surface area contributed by atoms with E-state index in [0.717, 1.165) is 37.4 Å². The van der Waals surface area contributed by atoms with Crippen LogP contribution in [0.2, 0.25) is 0 Å². The van der Waals surface area contributed by atoms with Crippen molar-refractivity contribution in [3.63, 3.8) is 0 Å². The largest absolute Gasteiger partial charge is 0.377 e. The Hall–Kier alpha value is -4.26. The lowest BCUT2D eigenvalue weighted by Crippen LogP contribution is -2.28. The molecule has 5 aromatic rings. The van der Waals surface area contributed by atoms with Gasteiger partial charge in [-0.1, -0.05) is 88.4 Å². The number of hydrogen-bond donors (Lipinski definition) is 0. The van der Waals surface area contributed by atoms with Gasteiger partial charge in [0.1, 0.15) is 14.1 Å². The minimum atomic E-state index is 1.03. The summed E-state index contributed by atoms with van der Waals surface area (Å²) in [6.45, 7) is 2.09. The summed E-state index contributed by atoms with van der Waals surface area (Å²) in [4.78, 5) is 4.78. The zero-order chi connectivity index (χ0) is 33.3. The molecule has 0 fully saturated rings. The average Bonchev–Trinajstić information content (AvgIpc) is 3.13. The third-order valence-electron chi connectivity index (χ3n) is 9.16. The van der Waals surface area contributed by atoms with Crippen molar-refractivity contribution < 1.29 is 9.13 Å². The van der Waals surface area contributed by atoms with Crippen LogP contribution in [0.5, 0.6) is 0 Å². The number of benzene rings is 3. The minimum Gasteiger partial charge on any atom is -0.377 e. The van der Waals surface area contributed by atoms with Gasteiger partial charge in [0.2, 0.25) is 11.0 Å². The molecule has 1 aliphatic carbocycles. The van der Waals surface area contributed by atoms with Gasteiger partial charge in [0.25, 0.3) is 0 Å². The van der Waals surface area contributed by atoms with Crippen molar-refractivity contribution in [3.8, 4) is 0 Å². The Morgan fingerprint density at radius 1 is 0.604 bits per heavy atom. The van der Waals surface area contributed by atoms with E-state index < -0.39 is 0 Å². The van der Waals surface area contributed by atoms with E-state index in [9.17, 15) is 0 Å². The molecule has 0 atom stereocenters. The van der Waals surface area contributed by atoms with E-state index in [1.54, 1.807) is 0 Å².